The number of aliphatic hydroxyl groups excluding tert-OH is 1. The van der Waals surface area contributed by atoms with Crippen molar-refractivity contribution in [1.82, 2.24) is 4.98 Å². The topological polar surface area (TPSA) is 106 Å². The Kier molecular flexibility index (Phi) is 6.45. The number of amides is 1. The summed E-state index contributed by atoms with van der Waals surface area (Å²) in [6.07, 6.45) is 0. The molecule has 1 atom stereocenters. The number of aliphatic hydroxyl groups is 1. The zero-order chi connectivity index (χ0) is 25.4. The van der Waals surface area contributed by atoms with Gasteiger partial charge in [0.15, 0.2) is 5.13 Å². The summed E-state index contributed by atoms with van der Waals surface area (Å²) < 4.78 is 10.1. The molecule has 3 aromatic rings. The van der Waals surface area contributed by atoms with Crippen LogP contribution in [-0.2, 0) is 14.3 Å². The number of hydrogen-bond donors (Lipinski definition) is 1. The lowest BCUT2D eigenvalue weighted by atomic mass is 9.93. The number of nitrogens with zero attached hydrogens (tertiary/aromatic N) is 2. The zero-order valence-electron chi connectivity index (χ0n) is 19.9. The third-order valence-corrected chi connectivity index (χ3v) is 7.03. The van der Waals surface area contributed by atoms with Crippen LogP contribution in [0.5, 0.6) is 5.75 Å². The quantitative estimate of drug-likeness (QED) is 0.242. The van der Waals surface area contributed by atoms with Gasteiger partial charge in [-0.3, -0.25) is 14.5 Å². The Bertz CT molecular complexity index is 1370. The van der Waals surface area contributed by atoms with E-state index in [1.807, 2.05) is 19.1 Å². The van der Waals surface area contributed by atoms with Crippen LogP contribution in [0.2, 0.25) is 0 Å². The smallest absolute Gasteiger partial charge is 0.350 e. The number of carbonyl (C=O) groups excluding carboxylic acids is 3. The highest BCUT2D eigenvalue weighted by Crippen LogP contribution is 2.44. The molecule has 0 radical (unpaired) electrons. The number of ketones is 1. The van der Waals surface area contributed by atoms with Crippen molar-refractivity contribution in [2.24, 2.45) is 0 Å². The first-order valence-electron chi connectivity index (χ1n) is 10.8. The van der Waals surface area contributed by atoms with Crippen molar-refractivity contribution in [2.75, 3.05) is 19.1 Å². The molecular formula is C26H24N2O6S. The first-order valence-corrected chi connectivity index (χ1v) is 11.6. The molecule has 1 amide bonds. The third-order valence-electron chi connectivity index (χ3n) is 5.89. The van der Waals surface area contributed by atoms with Gasteiger partial charge in [-0.2, -0.15) is 0 Å². The van der Waals surface area contributed by atoms with Gasteiger partial charge in [0.1, 0.15) is 16.4 Å². The molecule has 0 aliphatic carbocycles. The standard InChI is InChI=1S/C26H24N2O6S/c1-13-6-8-16(9-7-13)20-19(21(29)18-11-10-17(33-4)12-14(18)2)22(30)24(31)28(20)26-27-15(3)23(35-26)25(32)34-5/h6-12,20,29H,1-5H3/b21-19+/t20-/m1/s1. The van der Waals surface area contributed by atoms with Crippen molar-refractivity contribution in [1.29, 1.82) is 0 Å². The molecule has 1 aliphatic rings. The van der Waals surface area contributed by atoms with E-state index in [1.54, 1.807) is 44.2 Å². The number of anilines is 1. The lowest BCUT2D eigenvalue weighted by molar-refractivity contribution is -0.132. The largest absolute Gasteiger partial charge is 0.507 e. The molecule has 0 unspecified atom stereocenters. The molecule has 8 nitrogen and oxygen atoms in total. The second-order valence-electron chi connectivity index (χ2n) is 8.16. The van der Waals surface area contributed by atoms with Gasteiger partial charge in [0.05, 0.1) is 31.5 Å². The van der Waals surface area contributed by atoms with Gasteiger partial charge in [-0.25, -0.2) is 9.78 Å². The minimum atomic E-state index is -0.937. The molecule has 1 fully saturated rings. The van der Waals surface area contributed by atoms with Crippen molar-refractivity contribution < 1.29 is 29.0 Å². The molecule has 1 N–H and O–H groups in total. The molecule has 2 heterocycles. The van der Waals surface area contributed by atoms with Gasteiger partial charge in [-0.1, -0.05) is 41.2 Å². The molecule has 1 aromatic heterocycles. The van der Waals surface area contributed by atoms with Gasteiger partial charge in [0, 0.05) is 5.56 Å². The molecule has 0 spiro atoms. The fourth-order valence-electron chi connectivity index (χ4n) is 4.04. The minimum absolute atomic E-state index is 0.0559. The normalized spacial score (nSPS) is 17.1. The number of esters is 1. The van der Waals surface area contributed by atoms with Crippen LogP contribution in [0.1, 0.15) is 43.7 Å². The van der Waals surface area contributed by atoms with Crippen LogP contribution >= 0.6 is 11.3 Å². The summed E-state index contributed by atoms with van der Waals surface area (Å²) in [5, 5.41) is 11.5. The van der Waals surface area contributed by atoms with Crippen molar-refractivity contribution in [3.63, 3.8) is 0 Å². The summed E-state index contributed by atoms with van der Waals surface area (Å²) >= 11 is 0.961. The number of aromatic nitrogens is 1. The predicted octanol–water partition coefficient (Wildman–Crippen LogP) is 4.49. The maximum Gasteiger partial charge on any atom is 0.350 e. The number of benzene rings is 2. The lowest BCUT2D eigenvalue weighted by Crippen LogP contribution is -2.29. The number of methoxy groups -OCH3 is 2. The summed E-state index contributed by atoms with van der Waals surface area (Å²) in [7, 11) is 2.80. The average molecular weight is 493 g/mol. The molecule has 35 heavy (non-hydrogen) atoms. The number of ether oxygens (including phenoxy) is 2. The number of aryl methyl sites for hydroxylation is 3. The number of rotatable bonds is 5. The summed E-state index contributed by atoms with van der Waals surface area (Å²) in [6, 6.07) is 11.4. The number of Topliss-reactive ketones (excluding diaryl/α,β-unsaturated/α-hetero) is 1. The Labute approximate surface area is 206 Å². The van der Waals surface area contributed by atoms with Gasteiger partial charge in [-0.15, -0.1) is 0 Å². The van der Waals surface area contributed by atoms with E-state index >= 15 is 0 Å². The van der Waals surface area contributed by atoms with Crippen LogP contribution < -0.4 is 9.64 Å². The number of carbonyl (C=O) groups is 3. The fourth-order valence-corrected chi connectivity index (χ4v) is 5.05. The molecule has 1 saturated heterocycles. The SMILES string of the molecule is COC(=O)c1sc(N2C(=O)C(=O)/C(=C(/O)c3ccc(OC)cc3C)[C@H]2c2ccc(C)cc2)nc1C. The monoisotopic (exact) mass is 492 g/mol. The molecule has 0 bridgehead atoms. The zero-order valence-corrected chi connectivity index (χ0v) is 20.7. The lowest BCUT2D eigenvalue weighted by Gasteiger charge is -2.23. The average Bonchev–Trinajstić information content (AvgIpc) is 3.35. The molecule has 4 rings (SSSR count). The van der Waals surface area contributed by atoms with Gasteiger partial charge in [0.25, 0.3) is 5.78 Å². The van der Waals surface area contributed by atoms with E-state index in [1.165, 1.54) is 19.1 Å². The fraction of sp³-hybridized carbons (Fsp3) is 0.231. The van der Waals surface area contributed by atoms with E-state index < -0.39 is 23.7 Å². The maximum atomic E-state index is 13.3. The van der Waals surface area contributed by atoms with Crippen LogP contribution in [0.15, 0.2) is 48.0 Å². The van der Waals surface area contributed by atoms with E-state index in [2.05, 4.69) is 4.98 Å². The second kappa shape index (κ2) is 9.34. The Morgan fingerprint density at radius 1 is 1.06 bits per heavy atom. The van der Waals surface area contributed by atoms with Crippen LogP contribution in [0.4, 0.5) is 5.13 Å². The Morgan fingerprint density at radius 2 is 1.74 bits per heavy atom. The number of hydrogen-bond acceptors (Lipinski definition) is 8. The summed E-state index contributed by atoms with van der Waals surface area (Å²) in [6.45, 7) is 5.33. The highest BCUT2D eigenvalue weighted by atomic mass is 32.1. The molecule has 1 aliphatic heterocycles. The van der Waals surface area contributed by atoms with Crippen molar-refractivity contribution in [3.8, 4) is 5.75 Å². The summed E-state index contributed by atoms with van der Waals surface area (Å²) in [5.74, 6) is -1.95. The van der Waals surface area contributed by atoms with Crippen molar-refractivity contribution >= 4 is 39.9 Å². The van der Waals surface area contributed by atoms with E-state index in [0.29, 0.717) is 28.1 Å². The van der Waals surface area contributed by atoms with Crippen molar-refractivity contribution in [2.45, 2.75) is 26.8 Å². The van der Waals surface area contributed by atoms with E-state index in [0.717, 1.165) is 16.9 Å². The first-order chi connectivity index (χ1) is 16.7. The van der Waals surface area contributed by atoms with E-state index in [-0.39, 0.29) is 21.3 Å². The number of thiazole rings is 1. The van der Waals surface area contributed by atoms with Crippen LogP contribution in [0.25, 0.3) is 5.76 Å². The minimum Gasteiger partial charge on any atom is -0.507 e. The Balaban J connectivity index is 1.94. The molecule has 0 saturated carbocycles. The second-order valence-corrected chi connectivity index (χ2v) is 9.14. The maximum absolute atomic E-state index is 13.3. The molecular weight excluding hydrogens is 468 g/mol. The highest BCUT2D eigenvalue weighted by Gasteiger charge is 2.48. The first kappa shape index (κ1) is 24.2. The van der Waals surface area contributed by atoms with E-state index in [9.17, 15) is 19.5 Å². The van der Waals surface area contributed by atoms with Crippen LogP contribution in [-0.4, -0.2) is 42.0 Å². The summed E-state index contributed by atoms with van der Waals surface area (Å²) in [4.78, 5) is 44.7. The van der Waals surface area contributed by atoms with E-state index in [4.69, 9.17) is 9.47 Å². The third kappa shape index (κ3) is 4.19. The Morgan fingerprint density at radius 3 is 2.34 bits per heavy atom. The Hall–Kier alpha value is -3.98. The van der Waals surface area contributed by atoms with Crippen LogP contribution in [0.3, 0.4) is 0 Å². The molecule has 2 aromatic carbocycles. The van der Waals surface area contributed by atoms with Gasteiger partial charge < -0.3 is 14.6 Å². The van der Waals surface area contributed by atoms with Gasteiger partial charge >= 0.3 is 11.9 Å². The van der Waals surface area contributed by atoms with Gasteiger partial charge in [0.2, 0.25) is 0 Å². The molecule has 9 heteroatoms. The van der Waals surface area contributed by atoms with Gasteiger partial charge in [-0.05, 0) is 50.1 Å². The molecule has 180 valence electrons. The van der Waals surface area contributed by atoms with Crippen LogP contribution in [0, 0.1) is 20.8 Å². The predicted molar refractivity (Wildman–Crippen MR) is 132 cm³/mol. The highest BCUT2D eigenvalue weighted by molar-refractivity contribution is 7.17. The summed E-state index contributed by atoms with van der Waals surface area (Å²) in [5.41, 5.74) is 3.03. The van der Waals surface area contributed by atoms with Crippen molar-refractivity contribution in [3.05, 3.63) is 80.9 Å².